The van der Waals surface area contributed by atoms with Gasteiger partial charge < -0.3 is 25.0 Å². The lowest BCUT2D eigenvalue weighted by molar-refractivity contribution is 0.174. The van der Waals surface area contributed by atoms with Crippen LogP contribution in [0.15, 0.2) is 41.8 Å². The van der Waals surface area contributed by atoms with Gasteiger partial charge in [0, 0.05) is 22.7 Å². The number of aromatic hydroxyl groups is 2. The molecule has 7 heteroatoms. The van der Waals surface area contributed by atoms with Crippen LogP contribution in [0.2, 0.25) is 0 Å². The Bertz CT molecular complexity index is 878. The van der Waals surface area contributed by atoms with Crippen LogP contribution in [-0.4, -0.2) is 22.0 Å². The Kier molecular flexibility index (Phi) is 3.20. The summed E-state index contributed by atoms with van der Waals surface area (Å²) in [6.45, 7) is 0.241. The molecule has 6 nitrogen and oxygen atoms in total. The van der Waals surface area contributed by atoms with Gasteiger partial charge in [0.2, 0.25) is 6.79 Å². The number of nitrogens with zero attached hydrogens (tertiary/aromatic N) is 1. The summed E-state index contributed by atoms with van der Waals surface area (Å²) in [5.41, 5.74) is 2.30. The number of nitrogens with one attached hydrogen (secondary N) is 1. The molecule has 0 bridgehead atoms. The molecule has 0 unspecified atom stereocenters. The number of phenolic OH excluding ortho intramolecular Hbond substituents is 2. The lowest BCUT2D eigenvalue weighted by Gasteiger charge is -2.04. The van der Waals surface area contributed by atoms with Crippen LogP contribution in [0.5, 0.6) is 23.0 Å². The largest absolute Gasteiger partial charge is 0.504 e. The molecule has 1 aliphatic rings. The molecule has 0 aliphatic carbocycles. The number of anilines is 2. The van der Waals surface area contributed by atoms with Gasteiger partial charge in [-0.3, -0.25) is 0 Å². The quantitative estimate of drug-likeness (QED) is 0.636. The first-order valence-electron chi connectivity index (χ1n) is 6.83. The Morgan fingerprint density at radius 1 is 1.00 bits per heavy atom. The highest BCUT2D eigenvalue weighted by Crippen LogP contribution is 2.36. The van der Waals surface area contributed by atoms with Crippen LogP contribution in [0.1, 0.15) is 0 Å². The summed E-state index contributed by atoms with van der Waals surface area (Å²) in [4.78, 5) is 4.48. The molecule has 0 saturated heterocycles. The van der Waals surface area contributed by atoms with Gasteiger partial charge in [0.15, 0.2) is 28.1 Å². The van der Waals surface area contributed by atoms with Gasteiger partial charge >= 0.3 is 0 Å². The number of thiazole rings is 1. The van der Waals surface area contributed by atoms with Crippen molar-refractivity contribution >= 4 is 22.2 Å². The molecule has 4 rings (SSSR count). The zero-order valence-electron chi connectivity index (χ0n) is 11.8. The topological polar surface area (TPSA) is 83.8 Å². The predicted octanol–water partition coefficient (Wildman–Crippen LogP) is 3.69. The van der Waals surface area contributed by atoms with E-state index in [9.17, 15) is 10.2 Å². The highest BCUT2D eigenvalue weighted by Gasteiger charge is 2.14. The maximum Gasteiger partial charge on any atom is 0.231 e. The number of hydrogen-bond acceptors (Lipinski definition) is 7. The molecule has 0 spiro atoms. The number of hydrogen-bond donors (Lipinski definition) is 3. The molecule has 1 aromatic heterocycles. The van der Waals surface area contributed by atoms with E-state index in [4.69, 9.17) is 9.47 Å². The molecular formula is C16H12N2O4S. The van der Waals surface area contributed by atoms with E-state index >= 15 is 0 Å². The number of ether oxygens (including phenoxy) is 2. The number of benzene rings is 2. The van der Waals surface area contributed by atoms with E-state index in [2.05, 4.69) is 10.3 Å². The molecule has 2 heterocycles. The Hall–Kier alpha value is -2.93. The molecule has 3 aromatic rings. The molecule has 1 aliphatic heterocycles. The molecule has 116 valence electrons. The second kappa shape index (κ2) is 5.36. The second-order valence-electron chi connectivity index (χ2n) is 4.93. The molecule has 0 radical (unpaired) electrons. The van der Waals surface area contributed by atoms with Crippen LogP contribution in [0.25, 0.3) is 11.3 Å². The predicted molar refractivity (Wildman–Crippen MR) is 86.7 cm³/mol. The van der Waals surface area contributed by atoms with Crippen molar-refractivity contribution in [2.75, 3.05) is 12.1 Å². The minimum absolute atomic E-state index is 0.150. The summed E-state index contributed by atoms with van der Waals surface area (Å²) in [6.07, 6.45) is 0. The fraction of sp³-hybridized carbons (Fsp3) is 0.0625. The van der Waals surface area contributed by atoms with Crippen molar-refractivity contribution < 1.29 is 19.7 Å². The van der Waals surface area contributed by atoms with Crippen molar-refractivity contribution in [3.8, 4) is 34.3 Å². The Labute approximate surface area is 135 Å². The Morgan fingerprint density at radius 2 is 1.87 bits per heavy atom. The number of phenols is 2. The Balaban J connectivity index is 1.57. The zero-order valence-corrected chi connectivity index (χ0v) is 12.6. The van der Waals surface area contributed by atoms with Gasteiger partial charge in [-0.1, -0.05) is 0 Å². The van der Waals surface area contributed by atoms with Crippen molar-refractivity contribution in [1.82, 2.24) is 4.98 Å². The monoisotopic (exact) mass is 328 g/mol. The lowest BCUT2D eigenvalue weighted by Crippen LogP contribution is -1.93. The molecule has 2 aromatic carbocycles. The first-order chi connectivity index (χ1) is 11.2. The number of fused-ring (bicyclic) bond motifs is 1. The summed E-state index contributed by atoms with van der Waals surface area (Å²) < 4.78 is 10.6. The van der Waals surface area contributed by atoms with Gasteiger partial charge in [0.25, 0.3) is 0 Å². The highest BCUT2D eigenvalue weighted by molar-refractivity contribution is 7.14. The van der Waals surface area contributed by atoms with Gasteiger partial charge in [0.05, 0.1) is 5.69 Å². The van der Waals surface area contributed by atoms with Gasteiger partial charge in [-0.05, 0) is 30.3 Å². The van der Waals surface area contributed by atoms with Crippen molar-refractivity contribution in [2.24, 2.45) is 0 Å². The number of aromatic nitrogens is 1. The van der Waals surface area contributed by atoms with Crippen LogP contribution < -0.4 is 14.8 Å². The van der Waals surface area contributed by atoms with Crippen LogP contribution in [0, 0.1) is 0 Å². The standard InChI is InChI=1S/C16H12N2O4S/c19-12-3-1-9(5-13(12)20)11-7-23-16(18-11)17-10-2-4-14-15(6-10)22-8-21-14/h1-7,19-20H,8H2,(H,17,18). The normalized spacial score (nSPS) is 12.3. The molecule has 0 atom stereocenters. The maximum absolute atomic E-state index is 9.58. The lowest BCUT2D eigenvalue weighted by atomic mass is 10.1. The molecule has 0 amide bonds. The van der Waals surface area contributed by atoms with Crippen LogP contribution >= 0.6 is 11.3 Å². The van der Waals surface area contributed by atoms with E-state index in [0.717, 1.165) is 17.0 Å². The van der Waals surface area contributed by atoms with Gasteiger partial charge in [-0.15, -0.1) is 11.3 Å². The average molecular weight is 328 g/mol. The van der Waals surface area contributed by atoms with E-state index in [1.54, 1.807) is 6.07 Å². The second-order valence-corrected chi connectivity index (χ2v) is 5.79. The first-order valence-corrected chi connectivity index (χ1v) is 7.71. The molecule has 0 fully saturated rings. The van der Waals surface area contributed by atoms with Crippen molar-refractivity contribution in [1.29, 1.82) is 0 Å². The van der Waals surface area contributed by atoms with E-state index in [0.29, 0.717) is 16.6 Å². The summed E-state index contributed by atoms with van der Waals surface area (Å²) in [5, 5.41) is 24.7. The Morgan fingerprint density at radius 3 is 2.74 bits per heavy atom. The minimum Gasteiger partial charge on any atom is -0.504 e. The van der Waals surface area contributed by atoms with E-state index in [1.165, 1.54) is 23.5 Å². The molecular weight excluding hydrogens is 316 g/mol. The first kappa shape index (κ1) is 13.7. The summed E-state index contributed by atoms with van der Waals surface area (Å²) in [7, 11) is 0. The van der Waals surface area contributed by atoms with E-state index in [1.807, 2.05) is 23.6 Å². The fourth-order valence-electron chi connectivity index (χ4n) is 2.24. The van der Waals surface area contributed by atoms with Crippen LogP contribution in [-0.2, 0) is 0 Å². The summed E-state index contributed by atoms with van der Waals surface area (Å²) in [6, 6.07) is 10.2. The summed E-state index contributed by atoms with van der Waals surface area (Å²) >= 11 is 1.44. The van der Waals surface area contributed by atoms with Crippen LogP contribution in [0.4, 0.5) is 10.8 Å². The van der Waals surface area contributed by atoms with Crippen LogP contribution in [0.3, 0.4) is 0 Å². The minimum atomic E-state index is -0.166. The van der Waals surface area contributed by atoms with Crippen molar-refractivity contribution in [2.45, 2.75) is 0 Å². The fourth-order valence-corrected chi connectivity index (χ4v) is 2.98. The maximum atomic E-state index is 9.58. The van der Waals surface area contributed by atoms with E-state index in [-0.39, 0.29) is 18.3 Å². The highest BCUT2D eigenvalue weighted by atomic mass is 32.1. The summed E-state index contributed by atoms with van der Waals surface area (Å²) in [5.74, 6) is 1.12. The zero-order chi connectivity index (χ0) is 15.8. The number of rotatable bonds is 3. The van der Waals surface area contributed by atoms with Gasteiger partial charge in [-0.25, -0.2) is 4.98 Å². The molecule has 3 N–H and O–H groups in total. The average Bonchev–Trinajstić information content (AvgIpc) is 3.19. The molecule has 23 heavy (non-hydrogen) atoms. The third-order valence-corrected chi connectivity index (χ3v) is 4.16. The van der Waals surface area contributed by atoms with Crippen molar-refractivity contribution in [3.05, 3.63) is 41.8 Å². The van der Waals surface area contributed by atoms with Crippen molar-refractivity contribution in [3.63, 3.8) is 0 Å². The van der Waals surface area contributed by atoms with Gasteiger partial charge in [0.1, 0.15) is 0 Å². The third-order valence-electron chi connectivity index (χ3n) is 3.40. The van der Waals surface area contributed by atoms with Gasteiger partial charge in [-0.2, -0.15) is 0 Å². The van der Waals surface area contributed by atoms with E-state index < -0.39 is 0 Å². The smallest absolute Gasteiger partial charge is 0.231 e. The molecule has 0 saturated carbocycles. The third kappa shape index (κ3) is 2.62. The SMILES string of the molecule is Oc1ccc(-c2csc(Nc3ccc4c(c3)OCO4)n2)cc1O.